The molecule has 0 saturated heterocycles. The van der Waals surface area contributed by atoms with E-state index in [-0.39, 0.29) is 11.9 Å². The number of allylic oxidation sites excluding steroid dienone is 1. The largest absolute Gasteiger partial charge is 0.494 e. The summed E-state index contributed by atoms with van der Waals surface area (Å²) in [5.74, 6) is 0.279. The van der Waals surface area contributed by atoms with Crippen molar-refractivity contribution in [1.29, 1.82) is 0 Å². The lowest BCUT2D eigenvalue weighted by molar-refractivity contribution is -0.138. The second kappa shape index (κ2) is 6.78. The molecule has 2 N–H and O–H groups in total. The van der Waals surface area contributed by atoms with Gasteiger partial charge in [0.15, 0.2) is 0 Å². The van der Waals surface area contributed by atoms with Crippen molar-refractivity contribution in [2.24, 2.45) is 5.73 Å². The lowest BCUT2D eigenvalue weighted by Gasteiger charge is -2.25. The topological polar surface area (TPSA) is 35.2 Å². The third-order valence-corrected chi connectivity index (χ3v) is 2.07. The molecule has 0 amide bonds. The number of halogens is 3. The summed E-state index contributed by atoms with van der Waals surface area (Å²) in [6, 6.07) is -1.06. The molecule has 5 heteroatoms. The van der Waals surface area contributed by atoms with Gasteiger partial charge in [0.2, 0.25) is 0 Å². The predicted octanol–water partition coefficient (Wildman–Crippen LogP) is 3.38. The average molecular weight is 239 g/mol. The Labute approximate surface area is 94.6 Å². The molecule has 1 heterocycles. The number of rotatable bonds is 2. The Balaban J connectivity index is 0.00000106. The van der Waals surface area contributed by atoms with Gasteiger partial charge in [-0.2, -0.15) is 13.2 Å². The smallest absolute Gasteiger partial charge is 0.391 e. The van der Waals surface area contributed by atoms with Crippen molar-refractivity contribution in [1.82, 2.24) is 0 Å². The van der Waals surface area contributed by atoms with E-state index in [0.29, 0.717) is 0 Å². The molecule has 96 valence electrons. The Morgan fingerprint density at radius 2 is 2.06 bits per heavy atom. The molecule has 0 aromatic rings. The van der Waals surface area contributed by atoms with Gasteiger partial charge < -0.3 is 10.5 Å². The fraction of sp³-hybridized carbons (Fsp3) is 0.818. The Morgan fingerprint density at radius 1 is 1.50 bits per heavy atom. The van der Waals surface area contributed by atoms with Gasteiger partial charge in [-0.25, -0.2) is 0 Å². The van der Waals surface area contributed by atoms with Crippen LogP contribution in [0.25, 0.3) is 0 Å². The summed E-state index contributed by atoms with van der Waals surface area (Å²) in [7, 11) is 0. The number of hydrogen-bond acceptors (Lipinski definition) is 2. The van der Waals surface area contributed by atoms with Crippen LogP contribution in [0.15, 0.2) is 11.8 Å². The minimum Gasteiger partial charge on any atom is -0.494 e. The highest BCUT2D eigenvalue weighted by molar-refractivity contribution is 5.05. The summed E-state index contributed by atoms with van der Waals surface area (Å²) in [4.78, 5) is 0. The minimum absolute atomic E-state index is 0.0331. The molecule has 1 rings (SSSR count). The normalized spacial score (nSPS) is 22.4. The molecule has 2 nitrogen and oxygen atoms in total. The summed E-state index contributed by atoms with van der Waals surface area (Å²) in [5.41, 5.74) is 5.38. The zero-order chi connectivity index (χ0) is 12.8. The van der Waals surface area contributed by atoms with E-state index < -0.39 is 18.6 Å². The van der Waals surface area contributed by atoms with Crippen LogP contribution in [-0.4, -0.2) is 18.3 Å². The van der Waals surface area contributed by atoms with Gasteiger partial charge in [0.25, 0.3) is 0 Å². The first-order valence-electron chi connectivity index (χ1n) is 5.57. The molecule has 0 spiro atoms. The molecule has 0 fully saturated rings. The van der Waals surface area contributed by atoms with E-state index in [1.165, 1.54) is 0 Å². The summed E-state index contributed by atoms with van der Waals surface area (Å²) < 4.78 is 41.2. The molecule has 0 bridgehead atoms. The molecule has 2 atom stereocenters. The van der Waals surface area contributed by atoms with Crippen molar-refractivity contribution in [3.8, 4) is 0 Å². The van der Waals surface area contributed by atoms with Crippen molar-refractivity contribution < 1.29 is 17.9 Å². The van der Waals surface area contributed by atoms with Gasteiger partial charge in [0, 0.05) is 0 Å². The van der Waals surface area contributed by atoms with E-state index >= 15 is 0 Å². The van der Waals surface area contributed by atoms with Crippen molar-refractivity contribution in [3.63, 3.8) is 0 Å². The number of alkyl halides is 3. The molecule has 16 heavy (non-hydrogen) atoms. The molecule has 2 unspecified atom stereocenters. The fourth-order valence-electron chi connectivity index (χ4n) is 1.39. The standard InChI is InChI=1S/C9H14F3NO.C2H6/c1-6-3-2-4-8(14-6)7(13)5-9(10,11)12;1-2/h4,6-7H,2-3,5,13H2,1H3;1-2H3. The molecule has 0 aromatic carbocycles. The predicted molar refractivity (Wildman–Crippen MR) is 57.9 cm³/mol. The molecule has 0 aromatic heterocycles. The third-order valence-electron chi connectivity index (χ3n) is 2.07. The third kappa shape index (κ3) is 6.00. The van der Waals surface area contributed by atoms with Crippen LogP contribution < -0.4 is 5.73 Å². The van der Waals surface area contributed by atoms with E-state index in [1.54, 1.807) is 6.08 Å². The fourth-order valence-corrected chi connectivity index (χ4v) is 1.39. The monoisotopic (exact) mass is 239 g/mol. The Morgan fingerprint density at radius 3 is 2.50 bits per heavy atom. The molecular formula is C11H20F3NO. The van der Waals surface area contributed by atoms with E-state index in [9.17, 15) is 13.2 Å². The molecule has 1 aliphatic heterocycles. The van der Waals surface area contributed by atoms with Gasteiger partial charge in [-0.05, 0) is 25.8 Å². The molecule has 0 aliphatic carbocycles. The average Bonchev–Trinajstić information content (AvgIpc) is 2.18. The Hall–Kier alpha value is -0.710. The highest BCUT2D eigenvalue weighted by atomic mass is 19.4. The summed E-state index contributed by atoms with van der Waals surface area (Å²) in [5, 5.41) is 0. The van der Waals surface area contributed by atoms with Gasteiger partial charge in [-0.15, -0.1) is 0 Å². The van der Waals surface area contributed by atoms with Crippen molar-refractivity contribution in [2.45, 2.75) is 58.4 Å². The maximum absolute atomic E-state index is 12.0. The van der Waals surface area contributed by atoms with E-state index in [4.69, 9.17) is 10.5 Å². The van der Waals surface area contributed by atoms with Crippen LogP contribution >= 0.6 is 0 Å². The van der Waals surface area contributed by atoms with Crippen molar-refractivity contribution in [2.75, 3.05) is 0 Å². The number of hydrogen-bond donors (Lipinski definition) is 1. The van der Waals surface area contributed by atoms with Crippen LogP contribution in [0.5, 0.6) is 0 Å². The second-order valence-electron chi connectivity index (χ2n) is 3.54. The first kappa shape index (κ1) is 15.3. The highest BCUT2D eigenvalue weighted by Crippen LogP contribution is 2.26. The maximum atomic E-state index is 12.0. The first-order valence-corrected chi connectivity index (χ1v) is 5.57. The Bertz CT molecular complexity index is 226. The quantitative estimate of drug-likeness (QED) is 0.801. The summed E-state index contributed by atoms with van der Waals surface area (Å²) in [6.07, 6.45) is -2.06. The van der Waals surface area contributed by atoms with Crippen molar-refractivity contribution in [3.05, 3.63) is 11.8 Å². The van der Waals surface area contributed by atoms with Crippen LogP contribution in [-0.2, 0) is 4.74 Å². The van der Waals surface area contributed by atoms with Crippen LogP contribution in [0, 0.1) is 0 Å². The van der Waals surface area contributed by atoms with E-state index in [1.807, 2.05) is 20.8 Å². The number of ether oxygens (including phenoxy) is 1. The van der Waals surface area contributed by atoms with E-state index in [2.05, 4.69) is 0 Å². The zero-order valence-corrected chi connectivity index (χ0v) is 9.97. The van der Waals surface area contributed by atoms with Gasteiger partial charge in [-0.1, -0.05) is 13.8 Å². The van der Waals surface area contributed by atoms with Crippen LogP contribution in [0.2, 0.25) is 0 Å². The lowest BCUT2D eigenvalue weighted by Crippen LogP contribution is -2.33. The summed E-state index contributed by atoms with van der Waals surface area (Å²) in [6.45, 7) is 5.83. The zero-order valence-electron chi connectivity index (χ0n) is 9.97. The molecule has 0 radical (unpaired) electrons. The minimum atomic E-state index is -4.23. The highest BCUT2D eigenvalue weighted by Gasteiger charge is 2.33. The van der Waals surface area contributed by atoms with Crippen molar-refractivity contribution >= 4 is 0 Å². The summed E-state index contributed by atoms with van der Waals surface area (Å²) >= 11 is 0. The molecular weight excluding hydrogens is 219 g/mol. The van der Waals surface area contributed by atoms with Crippen LogP contribution in [0.3, 0.4) is 0 Å². The van der Waals surface area contributed by atoms with Crippen LogP contribution in [0.1, 0.15) is 40.0 Å². The SMILES string of the molecule is CC.CC1CCC=C(C(N)CC(F)(F)F)O1. The van der Waals surface area contributed by atoms with Crippen LogP contribution in [0.4, 0.5) is 13.2 Å². The number of nitrogens with two attached hydrogens (primary N) is 1. The van der Waals surface area contributed by atoms with Gasteiger partial charge in [0.05, 0.1) is 18.6 Å². The first-order chi connectivity index (χ1) is 7.38. The van der Waals surface area contributed by atoms with E-state index in [0.717, 1.165) is 12.8 Å². The van der Waals surface area contributed by atoms with Gasteiger partial charge in [-0.3, -0.25) is 0 Å². The Kier molecular flexibility index (Phi) is 6.48. The maximum Gasteiger partial charge on any atom is 0.391 e. The second-order valence-corrected chi connectivity index (χ2v) is 3.54. The van der Waals surface area contributed by atoms with Gasteiger partial charge >= 0.3 is 6.18 Å². The molecule has 1 aliphatic rings. The van der Waals surface area contributed by atoms with Gasteiger partial charge in [0.1, 0.15) is 5.76 Å². The lowest BCUT2D eigenvalue weighted by atomic mass is 10.1. The molecule has 0 saturated carbocycles.